The molecule has 0 spiro atoms. The van der Waals surface area contributed by atoms with Crippen molar-refractivity contribution in [3.8, 4) is 0 Å². The number of rotatable bonds is 3. The van der Waals surface area contributed by atoms with Gasteiger partial charge in [0.05, 0.1) is 5.75 Å². The standard InChI is InChI=1S/C11H13F2NO2S/c12-9-1-2-10(13)11(5-9)17(15,16)7-8-3-4-14-6-8/h1-2,5,8,14H,3-4,6-7H2. The molecule has 0 aromatic heterocycles. The first kappa shape index (κ1) is 12.4. The molecule has 6 heteroatoms. The maximum atomic E-state index is 13.4. The lowest BCUT2D eigenvalue weighted by Gasteiger charge is -2.10. The number of hydrogen-bond donors (Lipinski definition) is 1. The molecule has 1 aliphatic rings. The Morgan fingerprint density at radius 1 is 1.35 bits per heavy atom. The van der Waals surface area contributed by atoms with Crippen LogP contribution in [0.25, 0.3) is 0 Å². The molecule has 1 fully saturated rings. The predicted octanol–water partition coefficient (Wildman–Crippen LogP) is 1.35. The molecule has 0 amide bonds. The van der Waals surface area contributed by atoms with Gasteiger partial charge in [-0.25, -0.2) is 17.2 Å². The van der Waals surface area contributed by atoms with Crippen molar-refractivity contribution in [1.29, 1.82) is 0 Å². The van der Waals surface area contributed by atoms with Crippen molar-refractivity contribution < 1.29 is 17.2 Å². The van der Waals surface area contributed by atoms with Crippen molar-refractivity contribution in [2.75, 3.05) is 18.8 Å². The minimum atomic E-state index is -3.75. The van der Waals surface area contributed by atoms with E-state index in [4.69, 9.17) is 0 Å². The van der Waals surface area contributed by atoms with E-state index in [0.29, 0.717) is 6.54 Å². The lowest BCUT2D eigenvalue weighted by atomic mass is 10.2. The van der Waals surface area contributed by atoms with Gasteiger partial charge in [0.15, 0.2) is 9.84 Å². The van der Waals surface area contributed by atoms with Crippen LogP contribution in [0.1, 0.15) is 6.42 Å². The third kappa shape index (κ3) is 2.81. The van der Waals surface area contributed by atoms with Crippen LogP contribution in [-0.2, 0) is 9.84 Å². The number of benzene rings is 1. The Labute approximate surface area is 98.8 Å². The average Bonchev–Trinajstić information content (AvgIpc) is 2.73. The van der Waals surface area contributed by atoms with E-state index >= 15 is 0 Å². The van der Waals surface area contributed by atoms with E-state index in [9.17, 15) is 17.2 Å². The molecular formula is C11H13F2NO2S. The molecular weight excluding hydrogens is 248 g/mol. The zero-order chi connectivity index (χ0) is 12.5. The van der Waals surface area contributed by atoms with Gasteiger partial charge in [-0.2, -0.15) is 0 Å². The molecule has 2 rings (SSSR count). The van der Waals surface area contributed by atoms with Crippen LogP contribution in [0.4, 0.5) is 8.78 Å². The van der Waals surface area contributed by atoms with Crippen molar-refractivity contribution >= 4 is 9.84 Å². The van der Waals surface area contributed by atoms with Crippen LogP contribution < -0.4 is 5.32 Å². The Kier molecular flexibility index (Phi) is 3.44. The van der Waals surface area contributed by atoms with Gasteiger partial charge in [0.1, 0.15) is 16.5 Å². The largest absolute Gasteiger partial charge is 0.316 e. The minimum Gasteiger partial charge on any atom is -0.316 e. The third-order valence-corrected chi connectivity index (χ3v) is 4.74. The fraction of sp³-hybridized carbons (Fsp3) is 0.455. The molecule has 0 bridgehead atoms. The van der Waals surface area contributed by atoms with Gasteiger partial charge in [-0.05, 0) is 43.6 Å². The summed E-state index contributed by atoms with van der Waals surface area (Å²) in [6.07, 6.45) is 0.746. The summed E-state index contributed by atoms with van der Waals surface area (Å²) in [5.41, 5.74) is 0. The first-order chi connectivity index (χ1) is 7.99. The van der Waals surface area contributed by atoms with E-state index < -0.39 is 26.4 Å². The van der Waals surface area contributed by atoms with Crippen LogP contribution >= 0.6 is 0 Å². The molecule has 3 nitrogen and oxygen atoms in total. The minimum absolute atomic E-state index is 0.0253. The summed E-state index contributed by atoms with van der Waals surface area (Å²) >= 11 is 0. The predicted molar refractivity (Wildman–Crippen MR) is 59.4 cm³/mol. The SMILES string of the molecule is O=S(=O)(CC1CCNC1)c1cc(F)ccc1F. The smallest absolute Gasteiger partial charge is 0.181 e. The van der Waals surface area contributed by atoms with E-state index in [-0.39, 0.29) is 11.7 Å². The van der Waals surface area contributed by atoms with E-state index in [1.807, 2.05) is 0 Å². The molecule has 1 aromatic carbocycles. The molecule has 1 N–H and O–H groups in total. The van der Waals surface area contributed by atoms with E-state index in [0.717, 1.165) is 31.2 Å². The fourth-order valence-electron chi connectivity index (χ4n) is 1.97. The Morgan fingerprint density at radius 2 is 2.12 bits per heavy atom. The topological polar surface area (TPSA) is 46.2 Å². The maximum absolute atomic E-state index is 13.4. The van der Waals surface area contributed by atoms with Gasteiger partial charge in [0.25, 0.3) is 0 Å². The van der Waals surface area contributed by atoms with E-state index in [2.05, 4.69) is 5.32 Å². The van der Waals surface area contributed by atoms with Crippen LogP contribution in [0.2, 0.25) is 0 Å². The molecule has 94 valence electrons. The Hall–Kier alpha value is -1.01. The highest BCUT2D eigenvalue weighted by molar-refractivity contribution is 7.91. The highest BCUT2D eigenvalue weighted by atomic mass is 32.2. The summed E-state index contributed by atoms with van der Waals surface area (Å²) in [7, 11) is -3.75. The zero-order valence-electron chi connectivity index (χ0n) is 9.12. The molecule has 0 saturated carbocycles. The highest BCUT2D eigenvalue weighted by Gasteiger charge is 2.26. The second-order valence-corrected chi connectivity index (χ2v) is 6.22. The van der Waals surface area contributed by atoms with Gasteiger partial charge in [-0.15, -0.1) is 0 Å². The molecule has 1 saturated heterocycles. The number of sulfone groups is 1. The van der Waals surface area contributed by atoms with Crippen LogP contribution in [0, 0.1) is 17.6 Å². The number of halogens is 2. The van der Waals surface area contributed by atoms with Crippen molar-refractivity contribution in [2.45, 2.75) is 11.3 Å². The Bertz CT molecular complexity index is 510. The van der Waals surface area contributed by atoms with E-state index in [1.54, 1.807) is 0 Å². The van der Waals surface area contributed by atoms with Gasteiger partial charge >= 0.3 is 0 Å². The van der Waals surface area contributed by atoms with Crippen molar-refractivity contribution in [3.05, 3.63) is 29.8 Å². The first-order valence-electron chi connectivity index (χ1n) is 5.37. The average molecular weight is 261 g/mol. The van der Waals surface area contributed by atoms with Crippen LogP contribution in [0.3, 0.4) is 0 Å². The zero-order valence-corrected chi connectivity index (χ0v) is 9.93. The van der Waals surface area contributed by atoms with Gasteiger partial charge < -0.3 is 5.32 Å². The molecule has 0 radical (unpaired) electrons. The van der Waals surface area contributed by atoms with E-state index in [1.165, 1.54) is 0 Å². The molecule has 1 heterocycles. The quantitative estimate of drug-likeness (QED) is 0.893. The van der Waals surface area contributed by atoms with Crippen molar-refractivity contribution in [3.63, 3.8) is 0 Å². The van der Waals surface area contributed by atoms with Crippen molar-refractivity contribution in [1.82, 2.24) is 5.32 Å². The summed E-state index contributed by atoms with van der Waals surface area (Å²) in [6, 6.07) is 2.49. The molecule has 1 unspecified atom stereocenters. The second kappa shape index (κ2) is 4.70. The molecule has 17 heavy (non-hydrogen) atoms. The monoisotopic (exact) mass is 261 g/mol. The van der Waals surface area contributed by atoms with Gasteiger partial charge in [0.2, 0.25) is 0 Å². The number of nitrogens with one attached hydrogen (secondary N) is 1. The highest BCUT2D eigenvalue weighted by Crippen LogP contribution is 2.21. The summed E-state index contributed by atoms with van der Waals surface area (Å²) in [6.45, 7) is 1.38. The Morgan fingerprint density at radius 3 is 2.76 bits per heavy atom. The molecule has 1 aromatic rings. The molecule has 1 atom stereocenters. The second-order valence-electron chi connectivity index (χ2n) is 4.21. The lowest BCUT2D eigenvalue weighted by Crippen LogP contribution is -2.19. The Balaban J connectivity index is 2.27. The normalized spacial score (nSPS) is 20.7. The van der Waals surface area contributed by atoms with Crippen molar-refractivity contribution in [2.24, 2.45) is 5.92 Å². The lowest BCUT2D eigenvalue weighted by molar-refractivity contribution is 0.542. The maximum Gasteiger partial charge on any atom is 0.181 e. The summed E-state index contributed by atoms with van der Waals surface area (Å²) in [4.78, 5) is -0.538. The first-order valence-corrected chi connectivity index (χ1v) is 7.03. The number of hydrogen-bond acceptors (Lipinski definition) is 3. The third-order valence-electron chi connectivity index (χ3n) is 2.85. The summed E-state index contributed by atoms with van der Waals surface area (Å²) in [5, 5.41) is 3.04. The molecule has 0 aliphatic carbocycles. The molecule has 1 aliphatic heterocycles. The summed E-state index contributed by atoms with van der Waals surface area (Å²) in [5.74, 6) is -1.80. The fourth-order valence-corrected chi connectivity index (χ4v) is 3.71. The van der Waals surface area contributed by atoms with Gasteiger partial charge in [-0.1, -0.05) is 0 Å². The summed E-state index contributed by atoms with van der Waals surface area (Å²) < 4.78 is 50.2. The van der Waals surface area contributed by atoms with Crippen LogP contribution in [0.15, 0.2) is 23.1 Å². The van der Waals surface area contributed by atoms with Crippen LogP contribution in [-0.4, -0.2) is 27.3 Å². The van der Waals surface area contributed by atoms with Gasteiger partial charge in [-0.3, -0.25) is 0 Å². The van der Waals surface area contributed by atoms with Crippen LogP contribution in [0.5, 0.6) is 0 Å². The van der Waals surface area contributed by atoms with Gasteiger partial charge in [0, 0.05) is 0 Å².